The van der Waals surface area contributed by atoms with Crippen LogP contribution >= 0.6 is 11.3 Å². The minimum Gasteiger partial charge on any atom is -0.342 e. The van der Waals surface area contributed by atoms with Crippen LogP contribution in [0.5, 0.6) is 0 Å². The van der Waals surface area contributed by atoms with Gasteiger partial charge in [0.1, 0.15) is 0 Å². The van der Waals surface area contributed by atoms with E-state index in [2.05, 4.69) is 20.4 Å². The topological polar surface area (TPSA) is 101 Å². The van der Waals surface area contributed by atoms with E-state index in [0.717, 1.165) is 12.8 Å². The maximum absolute atomic E-state index is 12.4. The molecule has 2 aromatic rings. The second kappa shape index (κ2) is 8.19. The highest BCUT2D eigenvalue weighted by Crippen LogP contribution is 2.20. The zero-order chi connectivity index (χ0) is 17.6. The molecule has 0 bridgehead atoms. The fraction of sp³-hybridized carbons (Fsp3) is 0.562. The maximum atomic E-state index is 12.4. The Labute approximate surface area is 149 Å². The summed E-state index contributed by atoms with van der Waals surface area (Å²) in [4.78, 5) is 34.7. The summed E-state index contributed by atoms with van der Waals surface area (Å²) < 4.78 is 5.05. The molecule has 1 fully saturated rings. The van der Waals surface area contributed by atoms with Gasteiger partial charge in [-0.15, -0.1) is 11.3 Å². The second-order valence-electron chi connectivity index (χ2n) is 6.09. The van der Waals surface area contributed by atoms with Crippen LogP contribution in [-0.2, 0) is 16.0 Å². The van der Waals surface area contributed by atoms with Crippen molar-refractivity contribution in [2.45, 2.75) is 39.0 Å². The van der Waals surface area contributed by atoms with Crippen LogP contribution < -0.4 is 5.32 Å². The van der Waals surface area contributed by atoms with E-state index in [-0.39, 0.29) is 17.7 Å². The van der Waals surface area contributed by atoms with Gasteiger partial charge in [0.15, 0.2) is 11.0 Å². The highest BCUT2D eigenvalue weighted by molar-refractivity contribution is 7.13. The first-order valence-corrected chi connectivity index (χ1v) is 9.27. The van der Waals surface area contributed by atoms with Crippen LogP contribution in [0.15, 0.2) is 16.1 Å². The molecule has 0 saturated carbocycles. The monoisotopic (exact) mass is 363 g/mol. The van der Waals surface area contributed by atoms with Gasteiger partial charge < -0.3 is 14.7 Å². The smallest absolute Gasteiger partial charge is 0.231 e. The minimum absolute atomic E-state index is 0.0613. The van der Waals surface area contributed by atoms with Crippen LogP contribution in [0.2, 0.25) is 0 Å². The van der Waals surface area contributed by atoms with Crippen LogP contribution in [0.1, 0.15) is 37.4 Å². The van der Waals surface area contributed by atoms with Gasteiger partial charge in [0, 0.05) is 37.5 Å². The Morgan fingerprint density at radius 1 is 1.48 bits per heavy atom. The van der Waals surface area contributed by atoms with Gasteiger partial charge >= 0.3 is 0 Å². The van der Waals surface area contributed by atoms with Gasteiger partial charge in [-0.25, -0.2) is 4.98 Å². The average molecular weight is 363 g/mol. The van der Waals surface area contributed by atoms with Crippen LogP contribution in [0.25, 0.3) is 0 Å². The van der Waals surface area contributed by atoms with Gasteiger partial charge in [-0.2, -0.15) is 4.98 Å². The number of thiazole rings is 1. The van der Waals surface area contributed by atoms with Crippen molar-refractivity contribution in [1.29, 1.82) is 0 Å². The summed E-state index contributed by atoms with van der Waals surface area (Å²) in [7, 11) is 0. The lowest BCUT2D eigenvalue weighted by Crippen LogP contribution is -2.43. The van der Waals surface area contributed by atoms with Crippen molar-refractivity contribution < 1.29 is 14.1 Å². The quantitative estimate of drug-likeness (QED) is 0.843. The largest absolute Gasteiger partial charge is 0.342 e. The fourth-order valence-electron chi connectivity index (χ4n) is 2.90. The summed E-state index contributed by atoms with van der Waals surface area (Å²) in [6.45, 7) is 2.94. The number of rotatable bonds is 6. The third-order valence-electron chi connectivity index (χ3n) is 4.16. The predicted molar refractivity (Wildman–Crippen MR) is 92.0 cm³/mol. The van der Waals surface area contributed by atoms with Gasteiger partial charge in [-0.05, 0) is 26.2 Å². The van der Waals surface area contributed by atoms with Gasteiger partial charge in [0.2, 0.25) is 17.7 Å². The molecule has 0 aromatic carbocycles. The van der Waals surface area contributed by atoms with E-state index in [1.807, 2.05) is 5.38 Å². The summed E-state index contributed by atoms with van der Waals surface area (Å²) in [6.07, 6.45) is 4.96. The molecule has 0 aliphatic carbocycles. The van der Waals surface area contributed by atoms with Crippen molar-refractivity contribution in [2.24, 2.45) is 5.92 Å². The Morgan fingerprint density at radius 3 is 3.08 bits per heavy atom. The van der Waals surface area contributed by atoms with Crippen molar-refractivity contribution in [3.63, 3.8) is 0 Å². The first kappa shape index (κ1) is 17.5. The average Bonchev–Trinajstić information content (AvgIpc) is 3.26. The number of hydrogen-bond donors (Lipinski definition) is 1. The molecule has 134 valence electrons. The summed E-state index contributed by atoms with van der Waals surface area (Å²) in [5.41, 5.74) is 0. The molecule has 1 saturated heterocycles. The van der Waals surface area contributed by atoms with E-state index in [4.69, 9.17) is 4.52 Å². The lowest BCUT2D eigenvalue weighted by atomic mass is 9.97. The molecule has 9 heteroatoms. The molecule has 1 atom stereocenters. The lowest BCUT2D eigenvalue weighted by molar-refractivity contribution is -0.134. The fourth-order valence-corrected chi connectivity index (χ4v) is 3.43. The van der Waals surface area contributed by atoms with E-state index < -0.39 is 0 Å². The number of anilines is 1. The Balaban J connectivity index is 1.45. The number of piperidine rings is 1. The number of carbonyl (C=O) groups is 2. The number of likely N-dealkylation sites (tertiary alicyclic amines) is 1. The predicted octanol–water partition coefficient (Wildman–Crippen LogP) is 2.03. The normalized spacial score (nSPS) is 17.5. The molecule has 1 aliphatic heterocycles. The van der Waals surface area contributed by atoms with Gasteiger partial charge in [0.05, 0.1) is 5.92 Å². The van der Waals surface area contributed by atoms with E-state index >= 15 is 0 Å². The van der Waals surface area contributed by atoms with Gasteiger partial charge in [-0.1, -0.05) is 5.16 Å². The number of aromatic nitrogens is 3. The third kappa shape index (κ3) is 4.85. The Morgan fingerprint density at radius 2 is 2.36 bits per heavy atom. The number of nitrogens with zero attached hydrogens (tertiary/aromatic N) is 4. The number of nitrogens with one attached hydrogen (secondary N) is 1. The van der Waals surface area contributed by atoms with Crippen molar-refractivity contribution in [1.82, 2.24) is 20.0 Å². The molecular weight excluding hydrogens is 342 g/mol. The molecule has 2 aromatic heterocycles. The SMILES string of the molecule is Cc1noc(CCCC(=O)N2CCCC(C(=O)Nc3nccs3)C2)n1. The minimum atomic E-state index is -0.180. The van der Waals surface area contributed by atoms with Crippen LogP contribution in [0.3, 0.4) is 0 Å². The molecule has 0 spiro atoms. The Bertz CT molecular complexity index is 715. The lowest BCUT2D eigenvalue weighted by Gasteiger charge is -2.32. The summed E-state index contributed by atoms with van der Waals surface area (Å²) in [5, 5.41) is 8.97. The third-order valence-corrected chi connectivity index (χ3v) is 4.85. The molecule has 8 nitrogen and oxygen atoms in total. The van der Waals surface area contributed by atoms with Crippen molar-refractivity contribution >= 4 is 28.3 Å². The molecule has 3 rings (SSSR count). The zero-order valence-electron chi connectivity index (χ0n) is 14.1. The van der Waals surface area contributed by atoms with E-state index in [0.29, 0.717) is 49.2 Å². The summed E-state index contributed by atoms with van der Waals surface area (Å²) >= 11 is 1.39. The van der Waals surface area contributed by atoms with E-state index in [1.165, 1.54) is 11.3 Å². The molecule has 0 radical (unpaired) electrons. The molecular formula is C16H21N5O3S. The number of aryl methyl sites for hydroxylation is 2. The van der Waals surface area contributed by atoms with Gasteiger partial charge in [-0.3, -0.25) is 9.59 Å². The number of amides is 2. The highest BCUT2D eigenvalue weighted by Gasteiger charge is 2.28. The van der Waals surface area contributed by atoms with Crippen molar-refractivity contribution in [3.8, 4) is 0 Å². The van der Waals surface area contributed by atoms with Crippen molar-refractivity contribution in [2.75, 3.05) is 18.4 Å². The summed E-state index contributed by atoms with van der Waals surface area (Å²) in [5.74, 6) is 0.994. The van der Waals surface area contributed by atoms with E-state index in [1.54, 1.807) is 18.0 Å². The molecule has 25 heavy (non-hydrogen) atoms. The second-order valence-corrected chi connectivity index (χ2v) is 6.99. The molecule has 3 heterocycles. The Hall–Kier alpha value is -2.29. The summed E-state index contributed by atoms with van der Waals surface area (Å²) in [6, 6.07) is 0. The molecule has 1 N–H and O–H groups in total. The van der Waals surface area contributed by atoms with E-state index in [9.17, 15) is 9.59 Å². The van der Waals surface area contributed by atoms with Crippen molar-refractivity contribution in [3.05, 3.63) is 23.3 Å². The first-order chi connectivity index (χ1) is 12.1. The number of carbonyl (C=O) groups excluding carboxylic acids is 2. The molecule has 2 amide bonds. The highest BCUT2D eigenvalue weighted by atomic mass is 32.1. The van der Waals surface area contributed by atoms with Crippen LogP contribution in [-0.4, -0.2) is 44.9 Å². The number of hydrogen-bond acceptors (Lipinski definition) is 7. The molecule has 1 aliphatic rings. The zero-order valence-corrected chi connectivity index (χ0v) is 14.9. The molecule has 1 unspecified atom stereocenters. The Kier molecular flexibility index (Phi) is 5.75. The standard InChI is InChI=1S/C16H21N5O3S/c1-11-18-13(24-20-11)5-2-6-14(22)21-8-3-4-12(10-21)15(23)19-16-17-7-9-25-16/h7,9,12H,2-6,8,10H2,1H3,(H,17,19,23). The van der Waals surface area contributed by atoms with Crippen LogP contribution in [0, 0.1) is 12.8 Å². The van der Waals surface area contributed by atoms with Gasteiger partial charge in [0.25, 0.3) is 0 Å². The maximum Gasteiger partial charge on any atom is 0.231 e. The van der Waals surface area contributed by atoms with Crippen LogP contribution in [0.4, 0.5) is 5.13 Å². The first-order valence-electron chi connectivity index (χ1n) is 8.39.